The fraction of sp³-hybridized carbons (Fsp3) is 0.875. The molecular formula is C8H14F3NO3. The number of ether oxygens (including phenoxy) is 2. The van der Waals surface area contributed by atoms with Crippen LogP contribution in [0.25, 0.3) is 0 Å². The smallest absolute Gasteiger partial charge is 0.411 e. The Morgan fingerprint density at radius 3 is 2.20 bits per heavy atom. The second-order valence-electron chi connectivity index (χ2n) is 3.36. The molecule has 90 valence electrons. The van der Waals surface area contributed by atoms with Crippen LogP contribution in [0.5, 0.6) is 0 Å². The summed E-state index contributed by atoms with van der Waals surface area (Å²) < 4.78 is 44.0. The number of alkyl halides is 3. The summed E-state index contributed by atoms with van der Waals surface area (Å²) in [7, 11) is 1.14. The average Bonchev–Trinajstić information content (AvgIpc) is 2.14. The van der Waals surface area contributed by atoms with E-state index in [-0.39, 0.29) is 6.54 Å². The molecule has 15 heavy (non-hydrogen) atoms. The van der Waals surface area contributed by atoms with E-state index in [1.165, 1.54) is 6.92 Å². The Kier molecular flexibility index (Phi) is 5.02. The zero-order valence-electron chi connectivity index (χ0n) is 8.56. The highest BCUT2D eigenvalue weighted by Gasteiger charge is 2.35. The van der Waals surface area contributed by atoms with E-state index in [2.05, 4.69) is 9.47 Å². The maximum absolute atomic E-state index is 11.7. The molecule has 0 aliphatic rings. The van der Waals surface area contributed by atoms with E-state index in [9.17, 15) is 18.0 Å². The molecular weight excluding hydrogens is 215 g/mol. The minimum atomic E-state index is -4.41. The molecule has 0 spiro atoms. The summed E-state index contributed by atoms with van der Waals surface area (Å²) >= 11 is 0. The third-order valence-corrected chi connectivity index (χ3v) is 1.82. The van der Waals surface area contributed by atoms with Crippen molar-refractivity contribution in [3.8, 4) is 0 Å². The number of hydrogen-bond donors (Lipinski definition) is 1. The van der Waals surface area contributed by atoms with E-state index in [0.717, 1.165) is 7.11 Å². The summed E-state index contributed by atoms with van der Waals surface area (Å²) in [6.45, 7) is -0.581. The molecule has 0 aromatic carbocycles. The topological polar surface area (TPSA) is 61.5 Å². The predicted molar refractivity (Wildman–Crippen MR) is 46.1 cm³/mol. The molecule has 0 aromatic rings. The van der Waals surface area contributed by atoms with Crippen LogP contribution < -0.4 is 5.73 Å². The van der Waals surface area contributed by atoms with E-state index in [1.54, 1.807) is 0 Å². The Morgan fingerprint density at radius 1 is 1.33 bits per heavy atom. The maximum atomic E-state index is 11.7. The fourth-order valence-corrected chi connectivity index (χ4v) is 0.840. The Bertz CT molecular complexity index is 220. The molecule has 7 heteroatoms. The molecule has 0 fully saturated rings. The zero-order valence-corrected chi connectivity index (χ0v) is 8.56. The molecule has 0 rings (SSSR count). The average molecular weight is 229 g/mol. The first-order valence-electron chi connectivity index (χ1n) is 4.18. The number of nitrogens with two attached hydrogens (primary N) is 1. The number of esters is 1. The van der Waals surface area contributed by atoms with E-state index >= 15 is 0 Å². The van der Waals surface area contributed by atoms with E-state index in [1.807, 2.05) is 0 Å². The molecule has 0 saturated carbocycles. The van der Waals surface area contributed by atoms with Crippen LogP contribution in [-0.2, 0) is 14.3 Å². The number of halogens is 3. The van der Waals surface area contributed by atoms with Crippen LogP contribution in [0, 0.1) is 5.41 Å². The minimum absolute atomic E-state index is 0.141. The second-order valence-corrected chi connectivity index (χ2v) is 3.36. The van der Waals surface area contributed by atoms with Crippen molar-refractivity contribution in [2.75, 3.05) is 26.9 Å². The summed E-state index contributed by atoms with van der Waals surface area (Å²) in [6.07, 6.45) is -4.41. The minimum Gasteiger partial charge on any atom is -0.468 e. The Labute approximate surface area is 85.5 Å². The predicted octanol–water partition coefficient (Wildman–Crippen LogP) is 0.703. The first kappa shape index (κ1) is 14.2. The summed E-state index contributed by atoms with van der Waals surface area (Å²) in [6, 6.07) is 0. The highest BCUT2D eigenvalue weighted by molar-refractivity contribution is 5.76. The first-order valence-corrected chi connectivity index (χ1v) is 4.18. The monoisotopic (exact) mass is 229 g/mol. The van der Waals surface area contributed by atoms with E-state index < -0.39 is 30.8 Å². The van der Waals surface area contributed by atoms with E-state index in [0.29, 0.717) is 0 Å². The molecule has 0 heterocycles. The van der Waals surface area contributed by atoms with Crippen LogP contribution in [-0.4, -0.2) is 39.0 Å². The highest BCUT2D eigenvalue weighted by Crippen LogP contribution is 2.20. The van der Waals surface area contributed by atoms with Gasteiger partial charge in [0.2, 0.25) is 0 Å². The largest absolute Gasteiger partial charge is 0.468 e. The molecule has 1 unspecified atom stereocenters. The van der Waals surface area contributed by atoms with Gasteiger partial charge in [-0.05, 0) is 6.92 Å². The molecule has 2 N–H and O–H groups in total. The summed E-state index contributed by atoms with van der Waals surface area (Å²) in [5.74, 6) is -0.688. The van der Waals surface area contributed by atoms with Crippen molar-refractivity contribution < 1.29 is 27.4 Å². The SMILES string of the molecule is COC(=O)C(C)(CN)COCC(F)(F)F. The van der Waals surface area contributed by atoms with Gasteiger partial charge in [-0.1, -0.05) is 0 Å². The normalized spacial score (nSPS) is 15.9. The van der Waals surface area contributed by atoms with Crippen molar-refractivity contribution in [3.63, 3.8) is 0 Å². The molecule has 0 amide bonds. The van der Waals surface area contributed by atoms with Crippen LogP contribution in [0.4, 0.5) is 13.2 Å². The number of rotatable bonds is 5. The van der Waals surface area contributed by atoms with Gasteiger partial charge in [0.1, 0.15) is 12.0 Å². The fourth-order valence-electron chi connectivity index (χ4n) is 0.840. The van der Waals surface area contributed by atoms with Gasteiger partial charge < -0.3 is 15.2 Å². The van der Waals surface area contributed by atoms with Gasteiger partial charge in [-0.2, -0.15) is 13.2 Å². The molecule has 0 aromatic heterocycles. The summed E-state index contributed by atoms with van der Waals surface area (Å²) in [5.41, 5.74) is 4.04. The van der Waals surface area contributed by atoms with E-state index in [4.69, 9.17) is 5.73 Å². The van der Waals surface area contributed by atoms with Crippen molar-refractivity contribution in [3.05, 3.63) is 0 Å². The lowest BCUT2D eigenvalue weighted by atomic mass is 9.92. The molecule has 0 aliphatic carbocycles. The van der Waals surface area contributed by atoms with Crippen molar-refractivity contribution in [2.24, 2.45) is 11.1 Å². The van der Waals surface area contributed by atoms with Crippen LogP contribution in [0.15, 0.2) is 0 Å². The van der Waals surface area contributed by atoms with Gasteiger partial charge in [0.25, 0.3) is 0 Å². The quantitative estimate of drug-likeness (QED) is 0.705. The van der Waals surface area contributed by atoms with Crippen molar-refractivity contribution >= 4 is 5.97 Å². The van der Waals surface area contributed by atoms with Gasteiger partial charge in [0.05, 0.1) is 13.7 Å². The third-order valence-electron chi connectivity index (χ3n) is 1.82. The van der Waals surface area contributed by atoms with Crippen molar-refractivity contribution in [2.45, 2.75) is 13.1 Å². The summed E-state index contributed by atoms with van der Waals surface area (Å²) in [4.78, 5) is 11.2. The van der Waals surface area contributed by atoms with Gasteiger partial charge in [0.15, 0.2) is 0 Å². The number of methoxy groups -OCH3 is 1. The van der Waals surface area contributed by atoms with Crippen LogP contribution in [0.1, 0.15) is 6.92 Å². The van der Waals surface area contributed by atoms with Crippen LogP contribution >= 0.6 is 0 Å². The molecule has 0 aliphatic heterocycles. The number of hydrogen-bond acceptors (Lipinski definition) is 4. The lowest BCUT2D eigenvalue weighted by Gasteiger charge is -2.24. The summed E-state index contributed by atoms with van der Waals surface area (Å²) in [5, 5.41) is 0. The van der Waals surface area contributed by atoms with Crippen LogP contribution in [0.2, 0.25) is 0 Å². The standard InChI is InChI=1S/C8H14F3NO3/c1-7(3-12,6(13)14-2)4-15-5-8(9,10)11/h3-5,12H2,1-2H3. The van der Waals surface area contributed by atoms with Gasteiger partial charge in [-0.15, -0.1) is 0 Å². The zero-order chi connectivity index (χ0) is 12.1. The number of carbonyl (C=O) groups excluding carboxylic acids is 1. The molecule has 4 nitrogen and oxygen atoms in total. The highest BCUT2D eigenvalue weighted by atomic mass is 19.4. The molecule has 0 bridgehead atoms. The lowest BCUT2D eigenvalue weighted by molar-refractivity contribution is -0.185. The van der Waals surface area contributed by atoms with Crippen LogP contribution in [0.3, 0.4) is 0 Å². The molecule has 0 saturated heterocycles. The Balaban J connectivity index is 4.16. The third kappa shape index (κ3) is 4.98. The van der Waals surface area contributed by atoms with Crippen molar-refractivity contribution in [1.82, 2.24) is 0 Å². The molecule has 0 radical (unpaired) electrons. The second kappa shape index (κ2) is 5.32. The van der Waals surface area contributed by atoms with Gasteiger partial charge in [-0.3, -0.25) is 4.79 Å². The van der Waals surface area contributed by atoms with Gasteiger partial charge in [-0.25, -0.2) is 0 Å². The lowest BCUT2D eigenvalue weighted by Crippen LogP contribution is -2.41. The first-order chi connectivity index (χ1) is 6.75. The molecule has 1 atom stereocenters. The Morgan fingerprint density at radius 2 is 1.87 bits per heavy atom. The van der Waals surface area contributed by atoms with Gasteiger partial charge >= 0.3 is 12.1 Å². The van der Waals surface area contributed by atoms with Crippen molar-refractivity contribution in [1.29, 1.82) is 0 Å². The van der Waals surface area contributed by atoms with Gasteiger partial charge in [0, 0.05) is 6.54 Å². The maximum Gasteiger partial charge on any atom is 0.411 e. The Hall–Kier alpha value is -0.820. The number of carbonyl (C=O) groups is 1.